The number of rotatable bonds is 3. The van der Waals surface area contributed by atoms with Crippen molar-refractivity contribution in [2.24, 2.45) is 0 Å². The number of carbonyl (C=O) groups is 1. The predicted molar refractivity (Wildman–Crippen MR) is 56.9 cm³/mol. The Morgan fingerprint density at radius 2 is 2.00 bits per heavy atom. The Bertz CT molecular complexity index is 306. The minimum absolute atomic E-state index is 0.197. The van der Waals surface area contributed by atoms with Crippen LogP contribution in [-0.4, -0.2) is 20.4 Å². The molecule has 72 valence electrons. The second-order valence-corrected chi connectivity index (χ2v) is 3.14. The van der Waals surface area contributed by atoms with Gasteiger partial charge >= 0.3 is 5.97 Å². The molecule has 0 aliphatic carbocycles. The van der Waals surface area contributed by atoms with Crippen LogP contribution in [-0.2, 0) is 9.53 Å². The van der Waals surface area contributed by atoms with Crippen molar-refractivity contribution in [3.8, 4) is 0 Å². The van der Waals surface area contributed by atoms with Crippen molar-refractivity contribution < 1.29 is 9.53 Å². The number of carbonyl (C=O) groups excluding carboxylic acids is 1. The lowest BCUT2D eigenvalue weighted by atomic mass is 9.92. The molecule has 0 heterocycles. The van der Waals surface area contributed by atoms with Crippen molar-refractivity contribution in [3.63, 3.8) is 0 Å². The summed E-state index contributed by atoms with van der Waals surface area (Å²) in [5.74, 6) is -0.423. The zero-order valence-corrected chi connectivity index (χ0v) is 8.49. The Hall–Kier alpha value is -1.25. The fourth-order valence-electron chi connectivity index (χ4n) is 1.19. The van der Waals surface area contributed by atoms with E-state index >= 15 is 0 Å². The fraction of sp³-hybridized carbons (Fsp3) is 0.364. The van der Waals surface area contributed by atoms with Crippen molar-refractivity contribution in [3.05, 3.63) is 29.8 Å². The van der Waals surface area contributed by atoms with Crippen LogP contribution in [0.15, 0.2) is 24.3 Å². The highest BCUT2D eigenvalue weighted by atomic mass is 16.5. The van der Waals surface area contributed by atoms with Gasteiger partial charge < -0.3 is 4.74 Å². The van der Waals surface area contributed by atoms with E-state index in [1.165, 1.54) is 0 Å². The van der Waals surface area contributed by atoms with E-state index in [4.69, 9.17) is 12.6 Å². The first-order valence-corrected chi connectivity index (χ1v) is 4.67. The second kappa shape index (κ2) is 4.84. The predicted octanol–water partition coefficient (Wildman–Crippen LogP) is 1.15. The van der Waals surface area contributed by atoms with Gasteiger partial charge in [0.05, 0.1) is 12.5 Å². The van der Waals surface area contributed by atoms with Gasteiger partial charge in [-0.05, 0) is 19.4 Å². The molecule has 0 aromatic heterocycles. The summed E-state index contributed by atoms with van der Waals surface area (Å²) in [6.07, 6.45) is 0. The number of hydrogen-bond acceptors (Lipinski definition) is 2. The standard InChI is InChI=1S/C11H13BO2/c1-3-14-11(13)8(2)9-4-6-10(12)7-5-9/h4-8H,3H2,1-2H3. The molecule has 1 aromatic carbocycles. The lowest BCUT2D eigenvalue weighted by molar-refractivity contribution is -0.144. The summed E-state index contributed by atoms with van der Waals surface area (Å²) in [5, 5.41) is 0. The van der Waals surface area contributed by atoms with E-state index < -0.39 is 0 Å². The van der Waals surface area contributed by atoms with Crippen LogP contribution in [0.25, 0.3) is 0 Å². The van der Waals surface area contributed by atoms with Crippen molar-refractivity contribution in [1.29, 1.82) is 0 Å². The normalized spacial score (nSPS) is 12.1. The molecule has 0 saturated heterocycles. The van der Waals surface area contributed by atoms with Crippen molar-refractivity contribution in [2.75, 3.05) is 6.61 Å². The average molecular weight is 188 g/mol. The van der Waals surface area contributed by atoms with Gasteiger partial charge in [-0.3, -0.25) is 4.79 Å². The summed E-state index contributed by atoms with van der Waals surface area (Å²) in [7, 11) is 5.55. The minimum Gasteiger partial charge on any atom is -0.466 e. The van der Waals surface area contributed by atoms with Gasteiger partial charge in [0.2, 0.25) is 0 Å². The molecule has 0 spiro atoms. The van der Waals surface area contributed by atoms with Crippen LogP contribution >= 0.6 is 0 Å². The van der Waals surface area contributed by atoms with Gasteiger partial charge in [0.1, 0.15) is 7.85 Å². The Labute approximate surface area is 85.7 Å². The molecule has 3 heteroatoms. The van der Waals surface area contributed by atoms with Gasteiger partial charge in [-0.15, -0.1) is 0 Å². The number of hydrogen-bond donors (Lipinski definition) is 0. The lowest BCUT2D eigenvalue weighted by Crippen LogP contribution is -2.13. The quantitative estimate of drug-likeness (QED) is 0.525. The minimum atomic E-state index is -0.226. The number of esters is 1. The van der Waals surface area contributed by atoms with E-state index in [-0.39, 0.29) is 11.9 Å². The Morgan fingerprint density at radius 3 is 2.50 bits per heavy atom. The van der Waals surface area contributed by atoms with Crippen LogP contribution in [0.5, 0.6) is 0 Å². The zero-order valence-electron chi connectivity index (χ0n) is 8.49. The van der Waals surface area contributed by atoms with Gasteiger partial charge in [-0.25, -0.2) is 0 Å². The molecule has 0 fully saturated rings. The first-order chi connectivity index (χ1) is 6.65. The van der Waals surface area contributed by atoms with Gasteiger partial charge in [-0.2, -0.15) is 0 Å². The summed E-state index contributed by atoms with van der Waals surface area (Å²) in [4.78, 5) is 11.4. The molecule has 1 unspecified atom stereocenters. The Kier molecular flexibility index (Phi) is 3.75. The van der Waals surface area contributed by atoms with Crippen LogP contribution in [0.4, 0.5) is 0 Å². The summed E-state index contributed by atoms with van der Waals surface area (Å²) in [6, 6.07) is 7.25. The summed E-state index contributed by atoms with van der Waals surface area (Å²) >= 11 is 0. The third-order valence-corrected chi connectivity index (χ3v) is 2.08. The molecule has 14 heavy (non-hydrogen) atoms. The van der Waals surface area contributed by atoms with Gasteiger partial charge in [0.25, 0.3) is 0 Å². The van der Waals surface area contributed by atoms with E-state index in [0.29, 0.717) is 12.1 Å². The lowest BCUT2D eigenvalue weighted by Gasteiger charge is -2.10. The van der Waals surface area contributed by atoms with Crippen LogP contribution in [0.1, 0.15) is 25.3 Å². The van der Waals surface area contributed by atoms with Crippen molar-refractivity contribution in [1.82, 2.24) is 0 Å². The molecule has 0 N–H and O–H groups in total. The maximum atomic E-state index is 11.4. The summed E-state index contributed by atoms with van der Waals surface area (Å²) in [5.41, 5.74) is 1.63. The largest absolute Gasteiger partial charge is 0.466 e. The Balaban J connectivity index is 2.73. The molecule has 0 aliphatic rings. The monoisotopic (exact) mass is 188 g/mol. The molecule has 0 amide bonds. The van der Waals surface area contributed by atoms with E-state index in [1.54, 1.807) is 19.1 Å². The third-order valence-electron chi connectivity index (χ3n) is 2.08. The summed E-state index contributed by atoms with van der Waals surface area (Å²) < 4.78 is 4.92. The molecule has 0 aliphatic heterocycles. The molecular weight excluding hydrogens is 175 g/mol. The maximum absolute atomic E-state index is 11.4. The SMILES string of the molecule is [B]c1ccc(C(C)C(=O)OCC)cc1. The second-order valence-electron chi connectivity index (χ2n) is 3.14. The van der Waals surface area contributed by atoms with Gasteiger partial charge in [0.15, 0.2) is 0 Å². The van der Waals surface area contributed by atoms with E-state index in [0.717, 1.165) is 5.56 Å². The topological polar surface area (TPSA) is 26.3 Å². The van der Waals surface area contributed by atoms with Crippen molar-refractivity contribution >= 4 is 19.3 Å². The molecule has 1 rings (SSSR count). The van der Waals surface area contributed by atoms with Crippen LogP contribution < -0.4 is 5.46 Å². The zero-order chi connectivity index (χ0) is 10.6. The van der Waals surface area contributed by atoms with Gasteiger partial charge in [0, 0.05) is 0 Å². The molecule has 2 radical (unpaired) electrons. The van der Waals surface area contributed by atoms with Crippen LogP contribution in [0, 0.1) is 0 Å². The van der Waals surface area contributed by atoms with Crippen molar-refractivity contribution in [2.45, 2.75) is 19.8 Å². The number of benzene rings is 1. The molecule has 0 bridgehead atoms. The smallest absolute Gasteiger partial charge is 0.313 e. The highest BCUT2D eigenvalue weighted by Crippen LogP contribution is 2.15. The van der Waals surface area contributed by atoms with E-state index in [2.05, 4.69) is 0 Å². The first-order valence-electron chi connectivity index (χ1n) is 4.67. The highest BCUT2D eigenvalue weighted by molar-refractivity contribution is 6.32. The molecule has 2 nitrogen and oxygen atoms in total. The summed E-state index contributed by atoms with van der Waals surface area (Å²) in [6.45, 7) is 4.04. The molecule has 1 aromatic rings. The number of ether oxygens (including phenoxy) is 1. The maximum Gasteiger partial charge on any atom is 0.313 e. The first kappa shape index (κ1) is 10.8. The fourth-order valence-corrected chi connectivity index (χ4v) is 1.19. The Morgan fingerprint density at radius 1 is 1.43 bits per heavy atom. The molecule has 0 saturated carbocycles. The highest BCUT2D eigenvalue weighted by Gasteiger charge is 2.15. The molecular formula is C11H13BO2. The molecule has 1 atom stereocenters. The van der Waals surface area contributed by atoms with Gasteiger partial charge in [-0.1, -0.05) is 29.7 Å². The van der Waals surface area contributed by atoms with Crippen LogP contribution in [0.2, 0.25) is 0 Å². The third kappa shape index (κ3) is 2.62. The average Bonchev–Trinajstić information content (AvgIpc) is 2.18. The van der Waals surface area contributed by atoms with E-state index in [1.807, 2.05) is 19.1 Å². The van der Waals surface area contributed by atoms with E-state index in [9.17, 15) is 4.79 Å². The van der Waals surface area contributed by atoms with Crippen LogP contribution in [0.3, 0.4) is 0 Å².